The van der Waals surface area contributed by atoms with E-state index in [2.05, 4.69) is 17.1 Å². The van der Waals surface area contributed by atoms with E-state index in [1.54, 1.807) is 13.0 Å². The van der Waals surface area contributed by atoms with Crippen LogP contribution in [0, 0.1) is 12.7 Å². The third kappa shape index (κ3) is 4.94. The van der Waals surface area contributed by atoms with Crippen molar-refractivity contribution in [1.29, 1.82) is 0 Å². The fourth-order valence-electron chi connectivity index (χ4n) is 3.37. The van der Waals surface area contributed by atoms with Crippen LogP contribution in [0.15, 0.2) is 48.5 Å². The summed E-state index contributed by atoms with van der Waals surface area (Å²) in [5.74, 6) is -0.0742. The maximum Gasteiger partial charge on any atom is 0.139 e. The molecule has 0 unspecified atom stereocenters. The van der Waals surface area contributed by atoms with Gasteiger partial charge in [-0.15, -0.1) is 0 Å². The molecule has 0 atom stereocenters. The second kappa shape index (κ2) is 9.45. The lowest BCUT2D eigenvalue weighted by Crippen LogP contribution is -2.07. The standard InChI is InChI=1S/C24H27FN2O/c1-3-4-10-21-23(26-27-24(21)19-8-6-5-7-9-19)16-20(28)14-13-18-12-11-17(2)22(25)15-18/h5-9,11-12,15H,3-4,10,13-14,16H2,1-2H3,(H,26,27). The molecule has 0 bridgehead atoms. The summed E-state index contributed by atoms with van der Waals surface area (Å²) < 4.78 is 13.7. The van der Waals surface area contributed by atoms with Gasteiger partial charge in [-0.2, -0.15) is 5.10 Å². The first-order chi connectivity index (χ1) is 13.6. The summed E-state index contributed by atoms with van der Waals surface area (Å²) >= 11 is 0. The first-order valence-corrected chi connectivity index (χ1v) is 9.96. The van der Waals surface area contributed by atoms with Gasteiger partial charge in [0.2, 0.25) is 0 Å². The molecule has 1 heterocycles. The fraction of sp³-hybridized carbons (Fsp3) is 0.333. The molecule has 0 spiro atoms. The fourth-order valence-corrected chi connectivity index (χ4v) is 3.37. The monoisotopic (exact) mass is 378 g/mol. The molecule has 0 saturated carbocycles. The van der Waals surface area contributed by atoms with Gasteiger partial charge in [0.15, 0.2) is 0 Å². The Morgan fingerprint density at radius 2 is 1.89 bits per heavy atom. The number of aryl methyl sites for hydroxylation is 2. The highest BCUT2D eigenvalue weighted by Crippen LogP contribution is 2.26. The highest BCUT2D eigenvalue weighted by Gasteiger charge is 2.17. The molecule has 0 saturated heterocycles. The van der Waals surface area contributed by atoms with Crippen LogP contribution >= 0.6 is 0 Å². The minimum atomic E-state index is -0.215. The van der Waals surface area contributed by atoms with Crippen molar-refractivity contribution >= 4 is 5.78 Å². The molecule has 4 heteroatoms. The minimum Gasteiger partial charge on any atom is -0.299 e. The number of hydrogen-bond acceptors (Lipinski definition) is 2. The van der Waals surface area contributed by atoms with Crippen LogP contribution in [-0.4, -0.2) is 16.0 Å². The molecule has 3 rings (SSSR count). The molecule has 0 aliphatic heterocycles. The Morgan fingerprint density at radius 3 is 2.61 bits per heavy atom. The molecule has 2 aromatic carbocycles. The van der Waals surface area contributed by atoms with Crippen molar-refractivity contribution in [1.82, 2.24) is 10.2 Å². The van der Waals surface area contributed by atoms with Crippen molar-refractivity contribution in [3.05, 3.63) is 76.7 Å². The Bertz CT molecular complexity index is 931. The molecular weight excluding hydrogens is 351 g/mol. The normalized spacial score (nSPS) is 11.0. The molecule has 0 aliphatic rings. The number of hydrogen-bond donors (Lipinski definition) is 1. The molecule has 0 amide bonds. The van der Waals surface area contributed by atoms with Gasteiger partial charge in [0, 0.05) is 29.7 Å². The number of halogens is 1. The largest absolute Gasteiger partial charge is 0.299 e. The number of ketones is 1. The van der Waals surface area contributed by atoms with Crippen molar-refractivity contribution < 1.29 is 9.18 Å². The smallest absolute Gasteiger partial charge is 0.139 e. The highest BCUT2D eigenvalue weighted by molar-refractivity contribution is 5.81. The van der Waals surface area contributed by atoms with Gasteiger partial charge in [-0.25, -0.2) is 4.39 Å². The van der Waals surface area contributed by atoms with Crippen LogP contribution in [0.1, 0.15) is 48.6 Å². The number of unbranched alkanes of at least 4 members (excludes halogenated alkanes) is 1. The molecule has 0 fully saturated rings. The van der Waals surface area contributed by atoms with Crippen LogP contribution in [0.5, 0.6) is 0 Å². The number of Topliss-reactive ketones (excluding diaryl/α,β-unsaturated/α-hetero) is 1. The predicted molar refractivity (Wildman–Crippen MR) is 111 cm³/mol. The van der Waals surface area contributed by atoms with E-state index in [0.717, 1.165) is 47.3 Å². The van der Waals surface area contributed by atoms with Crippen molar-refractivity contribution in [2.24, 2.45) is 0 Å². The summed E-state index contributed by atoms with van der Waals surface area (Å²) in [4.78, 5) is 12.6. The van der Waals surface area contributed by atoms with Crippen molar-refractivity contribution in [3.63, 3.8) is 0 Å². The van der Waals surface area contributed by atoms with Gasteiger partial charge in [0.25, 0.3) is 0 Å². The van der Waals surface area contributed by atoms with Gasteiger partial charge in [-0.1, -0.05) is 55.8 Å². The summed E-state index contributed by atoms with van der Waals surface area (Å²) in [7, 11) is 0. The number of nitrogens with one attached hydrogen (secondary N) is 1. The average molecular weight is 378 g/mol. The molecule has 0 aliphatic carbocycles. The van der Waals surface area contributed by atoms with E-state index in [1.165, 1.54) is 6.07 Å². The second-order valence-corrected chi connectivity index (χ2v) is 7.30. The van der Waals surface area contributed by atoms with E-state index in [-0.39, 0.29) is 11.6 Å². The molecule has 1 aromatic heterocycles. The van der Waals surface area contributed by atoms with Crippen LogP contribution < -0.4 is 0 Å². The first-order valence-electron chi connectivity index (χ1n) is 9.96. The van der Waals surface area contributed by atoms with E-state index in [1.807, 2.05) is 36.4 Å². The molecule has 28 heavy (non-hydrogen) atoms. The van der Waals surface area contributed by atoms with Gasteiger partial charge in [0.1, 0.15) is 11.6 Å². The second-order valence-electron chi connectivity index (χ2n) is 7.30. The number of benzene rings is 2. The summed E-state index contributed by atoms with van der Waals surface area (Å²) in [5, 5.41) is 7.60. The third-order valence-corrected chi connectivity index (χ3v) is 5.08. The van der Waals surface area contributed by atoms with E-state index < -0.39 is 0 Å². The van der Waals surface area contributed by atoms with E-state index in [4.69, 9.17) is 0 Å². The lowest BCUT2D eigenvalue weighted by atomic mass is 9.97. The average Bonchev–Trinajstić information content (AvgIpc) is 3.10. The summed E-state index contributed by atoms with van der Waals surface area (Å²) in [6.07, 6.45) is 4.35. The highest BCUT2D eigenvalue weighted by atomic mass is 19.1. The number of carbonyl (C=O) groups is 1. The summed E-state index contributed by atoms with van der Waals surface area (Å²) in [6, 6.07) is 15.3. The maximum atomic E-state index is 13.7. The van der Waals surface area contributed by atoms with Crippen molar-refractivity contribution in [2.75, 3.05) is 0 Å². The topological polar surface area (TPSA) is 45.8 Å². The Labute approximate surface area is 166 Å². The number of aromatic nitrogens is 2. The lowest BCUT2D eigenvalue weighted by molar-refractivity contribution is -0.118. The summed E-state index contributed by atoms with van der Waals surface area (Å²) in [6.45, 7) is 3.90. The van der Waals surface area contributed by atoms with Crippen LogP contribution in [-0.2, 0) is 24.1 Å². The minimum absolute atomic E-state index is 0.141. The maximum absolute atomic E-state index is 13.7. The number of rotatable bonds is 9. The van der Waals surface area contributed by atoms with E-state index in [0.29, 0.717) is 24.8 Å². The van der Waals surface area contributed by atoms with E-state index >= 15 is 0 Å². The number of aromatic amines is 1. The van der Waals surface area contributed by atoms with Gasteiger partial charge >= 0.3 is 0 Å². The molecule has 146 valence electrons. The zero-order valence-corrected chi connectivity index (χ0v) is 16.6. The Balaban J connectivity index is 1.71. The van der Waals surface area contributed by atoms with Crippen LogP contribution in [0.3, 0.4) is 0 Å². The number of H-pyrrole nitrogens is 1. The Kier molecular flexibility index (Phi) is 6.75. The van der Waals surface area contributed by atoms with Gasteiger partial charge in [-0.3, -0.25) is 9.89 Å². The molecular formula is C24H27FN2O. The Morgan fingerprint density at radius 1 is 1.11 bits per heavy atom. The summed E-state index contributed by atoms with van der Waals surface area (Å²) in [5.41, 5.74) is 5.55. The quantitative estimate of drug-likeness (QED) is 0.526. The number of nitrogens with zero attached hydrogens (tertiary/aromatic N) is 1. The van der Waals surface area contributed by atoms with E-state index in [9.17, 15) is 9.18 Å². The van der Waals surface area contributed by atoms with Crippen molar-refractivity contribution in [3.8, 4) is 11.3 Å². The molecule has 3 aromatic rings. The van der Waals surface area contributed by atoms with Gasteiger partial charge < -0.3 is 0 Å². The zero-order valence-electron chi connectivity index (χ0n) is 16.6. The SMILES string of the molecule is CCCCc1c(-c2ccccc2)n[nH]c1CC(=O)CCc1ccc(C)c(F)c1. The third-order valence-electron chi connectivity index (χ3n) is 5.08. The van der Waals surface area contributed by atoms with Crippen LogP contribution in [0.2, 0.25) is 0 Å². The van der Waals surface area contributed by atoms with Gasteiger partial charge in [0.05, 0.1) is 5.69 Å². The molecule has 3 nitrogen and oxygen atoms in total. The first kappa shape index (κ1) is 20.0. The molecule has 0 radical (unpaired) electrons. The van der Waals surface area contributed by atoms with Crippen molar-refractivity contribution in [2.45, 2.75) is 52.4 Å². The van der Waals surface area contributed by atoms with Crippen LogP contribution in [0.25, 0.3) is 11.3 Å². The lowest BCUT2D eigenvalue weighted by Gasteiger charge is -2.06. The Hall–Kier alpha value is -2.75. The van der Waals surface area contributed by atoms with Crippen LogP contribution in [0.4, 0.5) is 4.39 Å². The zero-order chi connectivity index (χ0) is 19.9. The number of carbonyl (C=O) groups excluding carboxylic acids is 1. The van der Waals surface area contributed by atoms with Gasteiger partial charge in [-0.05, 0) is 43.4 Å². The molecule has 1 N–H and O–H groups in total. The predicted octanol–water partition coefficient (Wildman–Crippen LogP) is 5.61.